The average Bonchev–Trinajstić information content (AvgIpc) is 3.53. The molecule has 3 aromatic rings. The Morgan fingerprint density at radius 3 is 2.48 bits per heavy atom. The van der Waals surface area contributed by atoms with E-state index in [1.54, 1.807) is 34.0 Å². The van der Waals surface area contributed by atoms with Gasteiger partial charge >= 0.3 is 0 Å². The minimum absolute atomic E-state index is 0.0913. The lowest BCUT2D eigenvalue weighted by Crippen LogP contribution is -2.28. The number of aromatic nitrogens is 2. The molecular weight excluding hydrogens is 428 g/mol. The number of nitrogens with zero attached hydrogens (tertiary/aromatic N) is 3. The van der Waals surface area contributed by atoms with Crippen molar-refractivity contribution in [2.45, 2.75) is 19.9 Å². The molecule has 1 atom stereocenters. The standard InChI is InChI=1S/C23H26N4O6/c1-14-5-6-17(33-14)13-27-20(7-8-24-27)25-23(29)15-9-21(28)26(12-15)16-10-18(30-2)22(32-4)19(11-16)31-3/h5-8,10-11,15H,9,12-13H2,1-4H3,(H,25,29)/t15-/m0/s1. The third-order valence-electron chi connectivity index (χ3n) is 5.53. The van der Waals surface area contributed by atoms with Crippen LogP contribution in [0.25, 0.3) is 0 Å². The number of anilines is 2. The molecular formula is C23H26N4O6. The number of carbonyl (C=O) groups is 2. The van der Waals surface area contributed by atoms with Gasteiger partial charge in [-0.2, -0.15) is 5.10 Å². The third kappa shape index (κ3) is 4.50. The predicted octanol–water partition coefficient (Wildman–Crippen LogP) is 2.85. The van der Waals surface area contributed by atoms with Crippen LogP contribution >= 0.6 is 0 Å². The topological polar surface area (TPSA) is 108 Å². The Morgan fingerprint density at radius 2 is 1.88 bits per heavy atom. The van der Waals surface area contributed by atoms with Crippen molar-refractivity contribution in [1.82, 2.24) is 9.78 Å². The maximum Gasteiger partial charge on any atom is 0.230 e. The summed E-state index contributed by atoms with van der Waals surface area (Å²) in [6.07, 6.45) is 1.70. The minimum Gasteiger partial charge on any atom is -0.493 e. The highest BCUT2D eigenvalue weighted by Crippen LogP contribution is 2.42. The molecule has 1 aliphatic heterocycles. The maximum atomic E-state index is 13.0. The van der Waals surface area contributed by atoms with Crippen molar-refractivity contribution in [3.8, 4) is 17.2 Å². The smallest absolute Gasteiger partial charge is 0.230 e. The Bertz CT molecular complexity index is 1140. The Morgan fingerprint density at radius 1 is 1.15 bits per heavy atom. The summed E-state index contributed by atoms with van der Waals surface area (Å²) in [4.78, 5) is 27.3. The van der Waals surface area contributed by atoms with Crippen molar-refractivity contribution in [3.63, 3.8) is 0 Å². The van der Waals surface area contributed by atoms with Crippen LogP contribution in [0.15, 0.2) is 40.9 Å². The summed E-state index contributed by atoms with van der Waals surface area (Å²) in [6.45, 7) is 2.48. The molecule has 1 N–H and O–H groups in total. The predicted molar refractivity (Wildman–Crippen MR) is 120 cm³/mol. The molecule has 0 saturated carbocycles. The number of furan rings is 1. The number of hydrogen-bond acceptors (Lipinski definition) is 7. The molecule has 174 valence electrons. The first kappa shape index (κ1) is 22.3. The highest BCUT2D eigenvalue weighted by atomic mass is 16.5. The number of rotatable bonds is 8. The number of ether oxygens (including phenoxy) is 3. The van der Waals surface area contributed by atoms with Crippen molar-refractivity contribution >= 4 is 23.3 Å². The Hall–Kier alpha value is -3.95. The van der Waals surface area contributed by atoms with Gasteiger partial charge in [0.15, 0.2) is 11.5 Å². The van der Waals surface area contributed by atoms with Crippen molar-refractivity contribution in [3.05, 3.63) is 48.0 Å². The van der Waals surface area contributed by atoms with Crippen molar-refractivity contribution in [1.29, 1.82) is 0 Å². The zero-order chi connectivity index (χ0) is 23.5. The summed E-state index contributed by atoms with van der Waals surface area (Å²) < 4.78 is 23.3. The second-order valence-corrected chi connectivity index (χ2v) is 7.66. The lowest BCUT2D eigenvalue weighted by atomic mass is 10.1. The fourth-order valence-corrected chi connectivity index (χ4v) is 3.87. The first-order valence-corrected chi connectivity index (χ1v) is 10.4. The normalized spacial score (nSPS) is 15.6. The van der Waals surface area contributed by atoms with Crippen molar-refractivity contribution in [2.75, 3.05) is 38.1 Å². The second kappa shape index (κ2) is 9.27. The Kier molecular flexibility index (Phi) is 6.25. The first-order valence-electron chi connectivity index (χ1n) is 10.4. The van der Waals surface area contributed by atoms with Gasteiger partial charge in [0.05, 0.1) is 39.1 Å². The van der Waals surface area contributed by atoms with E-state index in [1.165, 1.54) is 21.3 Å². The SMILES string of the molecule is COc1cc(N2C[C@@H](C(=O)Nc3ccnn3Cc3ccc(C)o3)CC2=O)cc(OC)c1OC. The van der Waals surface area contributed by atoms with Gasteiger partial charge in [-0.3, -0.25) is 9.59 Å². The molecule has 1 fully saturated rings. The highest BCUT2D eigenvalue weighted by molar-refractivity contribution is 6.03. The van der Waals surface area contributed by atoms with Crippen LogP contribution in [0.2, 0.25) is 0 Å². The van der Waals surface area contributed by atoms with Crippen molar-refractivity contribution < 1.29 is 28.2 Å². The van der Waals surface area contributed by atoms with E-state index in [4.69, 9.17) is 18.6 Å². The van der Waals surface area contributed by atoms with Crippen LogP contribution in [0.5, 0.6) is 17.2 Å². The van der Waals surface area contributed by atoms with Crippen molar-refractivity contribution in [2.24, 2.45) is 5.92 Å². The van der Waals surface area contributed by atoms with Crippen LogP contribution in [-0.4, -0.2) is 49.5 Å². The van der Waals surface area contributed by atoms with Gasteiger partial charge in [0.1, 0.15) is 23.9 Å². The molecule has 10 heteroatoms. The van der Waals surface area contributed by atoms with E-state index in [1.807, 2.05) is 19.1 Å². The number of benzene rings is 1. The summed E-state index contributed by atoms with van der Waals surface area (Å²) in [6, 6.07) is 8.84. The Labute approximate surface area is 191 Å². The number of nitrogens with one attached hydrogen (secondary N) is 1. The van der Waals surface area contributed by atoms with E-state index in [0.29, 0.717) is 35.3 Å². The van der Waals surface area contributed by atoms with Crippen LogP contribution in [0.3, 0.4) is 0 Å². The molecule has 1 aliphatic rings. The summed E-state index contributed by atoms with van der Waals surface area (Å²) in [7, 11) is 4.53. The summed E-state index contributed by atoms with van der Waals surface area (Å²) in [5.41, 5.74) is 0.572. The molecule has 33 heavy (non-hydrogen) atoms. The fraction of sp³-hybridized carbons (Fsp3) is 0.348. The number of hydrogen-bond donors (Lipinski definition) is 1. The quantitative estimate of drug-likeness (QED) is 0.558. The molecule has 10 nitrogen and oxygen atoms in total. The van der Waals surface area contributed by atoms with Gasteiger partial charge in [-0.05, 0) is 19.1 Å². The molecule has 4 rings (SSSR count). The summed E-state index contributed by atoms with van der Waals surface area (Å²) >= 11 is 0. The summed E-state index contributed by atoms with van der Waals surface area (Å²) in [5, 5.41) is 7.14. The molecule has 2 amide bonds. The molecule has 1 saturated heterocycles. The van der Waals surface area contributed by atoms with E-state index < -0.39 is 5.92 Å². The first-order chi connectivity index (χ1) is 15.9. The van der Waals surface area contributed by atoms with Gasteiger partial charge in [0, 0.05) is 31.2 Å². The molecule has 0 aliphatic carbocycles. The van der Waals surface area contributed by atoms with Gasteiger partial charge in [-0.15, -0.1) is 0 Å². The van der Waals surface area contributed by atoms with Gasteiger partial charge in [0.2, 0.25) is 17.6 Å². The monoisotopic (exact) mass is 454 g/mol. The van der Waals surface area contributed by atoms with E-state index in [2.05, 4.69) is 10.4 Å². The van der Waals surface area contributed by atoms with Gasteiger partial charge in [-0.1, -0.05) is 0 Å². The van der Waals surface area contributed by atoms with E-state index >= 15 is 0 Å². The molecule has 1 aromatic carbocycles. The van der Waals surface area contributed by atoms with Gasteiger partial charge < -0.3 is 28.8 Å². The molecule has 0 unspecified atom stereocenters. The average molecular weight is 454 g/mol. The number of methoxy groups -OCH3 is 3. The zero-order valence-corrected chi connectivity index (χ0v) is 19.0. The molecule has 0 bridgehead atoms. The van der Waals surface area contributed by atoms with Gasteiger partial charge in [-0.25, -0.2) is 4.68 Å². The highest BCUT2D eigenvalue weighted by Gasteiger charge is 2.36. The number of aryl methyl sites for hydroxylation is 1. The largest absolute Gasteiger partial charge is 0.493 e. The lowest BCUT2D eigenvalue weighted by Gasteiger charge is -2.20. The lowest BCUT2D eigenvalue weighted by molar-refractivity contribution is -0.122. The third-order valence-corrected chi connectivity index (χ3v) is 5.53. The Balaban J connectivity index is 1.48. The van der Waals surface area contributed by atoms with Crippen LogP contribution in [0, 0.1) is 12.8 Å². The fourth-order valence-electron chi connectivity index (χ4n) is 3.87. The maximum absolute atomic E-state index is 13.0. The molecule has 3 heterocycles. The number of carbonyl (C=O) groups excluding carboxylic acids is 2. The minimum atomic E-state index is -0.522. The van der Waals surface area contributed by atoms with E-state index in [-0.39, 0.29) is 24.8 Å². The second-order valence-electron chi connectivity index (χ2n) is 7.66. The molecule has 2 aromatic heterocycles. The zero-order valence-electron chi connectivity index (χ0n) is 19.0. The summed E-state index contributed by atoms with van der Waals surface area (Å²) in [5.74, 6) is 2.44. The van der Waals surface area contributed by atoms with Crippen LogP contribution in [0.1, 0.15) is 17.9 Å². The van der Waals surface area contributed by atoms with Gasteiger partial charge in [0.25, 0.3) is 0 Å². The van der Waals surface area contributed by atoms with Crippen LogP contribution in [0.4, 0.5) is 11.5 Å². The van der Waals surface area contributed by atoms with E-state index in [9.17, 15) is 9.59 Å². The van der Waals surface area contributed by atoms with E-state index in [0.717, 1.165) is 11.5 Å². The molecule has 0 radical (unpaired) electrons. The molecule has 0 spiro atoms. The number of amides is 2. The van der Waals surface area contributed by atoms with Crippen LogP contribution < -0.4 is 24.4 Å². The van der Waals surface area contributed by atoms with Crippen LogP contribution in [-0.2, 0) is 16.1 Å².